The smallest absolute Gasteiger partial charge is 0.366 e. The molecule has 3 heterocycles. The van der Waals surface area contributed by atoms with E-state index in [9.17, 15) is 28.1 Å². The Morgan fingerprint density at radius 3 is 2.26 bits per heavy atom. The summed E-state index contributed by atoms with van der Waals surface area (Å²) in [6, 6.07) is 6.95. The van der Waals surface area contributed by atoms with Gasteiger partial charge in [-0.25, -0.2) is 4.98 Å². The van der Waals surface area contributed by atoms with Gasteiger partial charge >= 0.3 is 6.18 Å². The van der Waals surface area contributed by atoms with E-state index in [2.05, 4.69) is 11.9 Å². The molecule has 11 heteroatoms. The number of halogens is 3. The van der Waals surface area contributed by atoms with E-state index in [4.69, 9.17) is 0 Å². The molecule has 0 bridgehead atoms. The van der Waals surface area contributed by atoms with E-state index >= 15 is 0 Å². The first-order valence-corrected chi connectivity index (χ1v) is 11.2. The Balaban J connectivity index is 1.42. The number of alkyl halides is 3. The van der Waals surface area contributed by atoms with Crippen LogP contribution >= 0.6 is 0 Å². The lowest BCUT2D eigenvalue weighted by atomic mass is 9.98. The van der Waals surface area contributed by atoms with Crippen molar-refractivity contribution in [2.45, 2.75) is 25.9 Å². The Kier molecular flexibility index (Phi) is 6.63. The Morgan fingerprint density at radius 2 is 1.71 bits per heavy atom. The molecule has 2 aromatic rings. The molecule has 2 aliphatic rings. The van der Waals surface area contributed by atoms with E-state index in [1.165, 1.54) is 12.1 Å². The molecule has 0 N–H and O–H groups in total. The number of nitrogens with zero attached hydrogens (tertiary/aromatic N) is 5. The number of aromatic nitrogens is 1. The van der Waals surface area contributed by atoms with Crippen molar-refractivity contribution in [3.63, 3.8) is 0 Å². The molecule has 4 rings (SSSR count). The maximum Gasteiger partial charge on any atom is 0.417 e. The fourth-order valence-electron chi connectivity index (χ4n) is 4.38. The highest BCUT2D eigenvalue weighted by Gasteiger charge is 2.31. The SMILES string of the molecule is CC1CCN(c2ccc(C(=O)N3CCN(c4ccc(C(F)(F)F)cn4)CC3)cc2[N+](=O)[O-])CC1. The zero-order chi connectivity index (χ0) is 24.5. The van der Waals surface area contributed by atoms with Gasteiger partial charge in [0.05, 0.1) is 10.5 Å². The predicted molar refractivity (Wildman–Crippen MR) is 121 cm³/mol. The number of pyridine rings is 1. The summed E-state index contributed by atoms with van der Waals surface area (Å²) in [5.74, 6) is 0.700. The number of hydrogen-bond donors (Lipinski definition) is 0. The average Bonchev–Trinajstić information content (AvgIpc) is 2.83. The molecule has 0 unspecified atom stereocenters. The normalized spacial score (nSPS) is 17.7. The molecule has 34 heavy (non-hydrogen) atoms. The van der Waals surface area contributed by atoms with Gasteiger partial charge < -0.3 is 14.7 Å². The molecule has 2 saturated heterocycles. The van der Waals surface area contributed by atoms with Crippen molar-refractivity contribution in [2.75, 3.05) is 49.1 Å². The van der Waals surface area contributed by atoms with E-state index in [-0.39, 0.29) is 17.2 Å². The first kappa shape index (κ1) is 23.8. The van der Waals surface area contributed by atoms with Crippen LogP contribution in [0, 0.1) is 16.0 Å². The highest BCUT2D eigenvalue weighted by atomic mass is 19.4. The number of piperazine rings is 1. The van der Waals surface area contributed by atoms with Crippen LogP contribution in [0.3, 0.4) is 0 Å². The van der Waals surface area contributed by atoms with Gasteiger partial charge in [-0.15, -0.1) is 0 Å². The second-order valence-corrected chi connectivity index (χ2v) is 8.81. The Bertz CT molecular complexity index is 1040. The van der Waals surface area contributed by atoms with Crippen molar-refractivity contribution < 1.29 is 22.9 Å². The lowest BCUT2D eigenvalue weighted by molar-refractivity contribution is -0.384. The van der Waals surface area contributed by atoms with Crippen LogP contribution in [0.5, 0.6) is 0 Å². The minimum Gasteiger partial charge on any atom is -0.366 e. The second kappa shape index (κ2) is 9.47. The minimum atomic E-state index is -4.44. The van der Waals surface area contributed by atoms with E-state index in [0.29, 0.717) is 43.6 Å². The van der Waals surface area contributed by atoms with Gasteiger partial charge in [0, 0.05) is 57.1 Å². The Labute approximate surface area is 195 Å². The summed E-state index contributed by atoms with van der Waals surface area (Å²) in [5.41, 5.74) is -0.101. The van der Waals surface area contributed by atoms with Crippen molar-refractivity contribution in [3.8, 4) is 0 Å². The third-order valence-corrected chi connectivity index (χ3v) is 6.51. The molecule has 1 aromatic carbocycles. The van der Waals surface area contributed by atoms with Gasteiger partial charge in [-0.3, -0.25) is 14.9 Å². The largest absolute Gasteiger partial charge is 0.417 e. The van der Waals surface area contributed by atoms with Crippen LogP contribution in [0.4, 0.5) is 30.4 Å². The number of amides is 1. The van der Waals surface area contributed by atoms with Crippen molar-refractivity contribution in [2.24, 2.45) is 5.92 Å². The fraction of sp³-hybridized carbons (Fsp3) is 0.478. The quantitative estimate of drug-likeness (QED) is 0.485. The lowest BCUT2D eigenvalue weighted by Gasteiger charge is -2.35. The number of carbonyl (C=O) groups excluding carboxylic acids is 1. The van der Waals surface area contributed by atoms with Crippen LogP contribution in [0.15, 0.2) is 36.5 Å². The zero-order valence-electron chi connectivity index (χ0n) is 18.8. The molecule has 1 amide bonds. The molecular formula is C23H26F3N5O3. The monoisotopic (exact) mass is 477 g/mol. The predicted octanol–water partition coefficient (Wildman–Crippen LogP) is 4.21. The summed E-state index contributed by atoms with van der Waals surface area (Å²) in [6.45, 7) is 5.13. The van der Waals surface area contributed by atoms with E-state index in [1.54, 1.807) is 17.0 Å². The second-order valence-electron chi connectivity index (χ2n) is 8.81. The minimum absolute atomic E-state index is 0.0759. The topological polar surface area (TPSA) is 82.8 Å². The summed E-state index contributed by atoms with van der Waals surface area (Å²) in [5, 5.41) is 11.7. The zero-order valence-corrected chi connectivity index (χ0v) is 18.8. The summed E-state index contributed by atoms with van der Waals surface area (Å²) < 4.78 is 38.2. The van der Waals surface area contributed by atoms with Gasteiger partial charge in [-0.2, -0.15) is 13.2 Å². The standard InChI is InChI=1S/C23H26F3N5O3/c1-16-6-8-28(9-7-16)19-4-2-17(14-20(19)31(33)34)22(32)30-12-10-29(11-13-30)21-5-3-18(15-27-21)23(24,25)26/h2-5,14-16H,6-13H2,1H3. The van der Waals surface area contributed by atoms with Gasteiger partial charge in [-0.05, 0) is 43.0 Å². The van der Waals surface area contributed by atoms with Crippen LogP contribution < -0.4 is 9.80 Å². The number of piperidine rings is 1. The van der Waals surface area contributed by atoms with Crippen molar-refractivity contribution >= 4 is 23.1 Å². The molecule has 1 aromatic heterocycles. The first-order chi connectivity index (χ1) is 16.1. The van der Waals surface area contributed by atoms with Crippen molar-refractivity contribution in [1.29, 1.82) is 0 Å². The number of benzene rings is 1. The fourth-order valence-corrected chi connectivity index (χ4v) is 4.38. The molecular weight excluding hydrogens is 451 g/mol. The summed E-state index contributed by atoms with van der Waals surface area (Å²) in [4.78, 5) is 33.6. The molecule has 2 fully saturated rings. The Morgan fingerprint density at radius 1 is 1.03 bits per heavy atom. The van der Waals surface area contributed by atoms with E-state index in [1.807, 2.05) is 9.80 Å². The third kappa shape index (κ3) is 5.07. The molecule has 0 aliphatic carbocycles. The summed E-state index contributed by atoms with van der Waals surface area (Å²) >= 11 is 0. The highest BCUT2D eigenvalue weighted by Crippen LogP contribution is 2.33. The third-order valence-electron chi connectivity index (χ3n) is 6.51. The number of nitro benzene ring substituents is 1. The summed E-state index contributed by atoms with van der Waals surface area (Å²) in [7, 11) is 0. The number of carbonyl (C=O) groups is 1. The first-order valence-electron chi connectivity index (χ1n) is 11.2. The molecule has 2 aliphatic heterocycles. The van der Waals surface area contributed by atoms with E-state index in [0.717, 1.165) is 38.2 Å². The van der Waals surface area contributed by atoms with Gasteiger partial charge in [-0.1, -0.05) is 6.92 Å². The van der Waals surface area contributed by atoms with Crippen molar-refractivity contribution in [1.82, 2.24) is 9.88 Å². The molecule has 0 atom stereocenters. The maximum absolute atomic E-state index is 13.0. The highest BCUT2D eigenvalue weighted by molar-refractivity contribution is 5.96. The maximum atomic E-state index is 13.0. The van der Waals surface area contributed by atoms with Crippen LogP contribution in [0.2, 0.25) is 0 Å². The van der Waals surface area contributed by atoms with Gasteiger partial charge in [0.2, 0.25) is 0 Å². The van der Waals surface area contributed by atoms with Crippen LogP contribution in [0.1, 0.15) is 35.7 Å². The molecule has 0 saturated carbocycles. The van der Waals surface area contributed by atoms with Gasteiger partial charge in [0.25, 0.3) is 11.6 Å². The number of nitro groups is 1. The van der Waals surface area contributed by atoms with Gasteiger partial charge in [0.15, 0.2) is 0 Å². The molecule has 8 nitrogen and oxygen atoms in total. The molecule has 0 spiro atoms. The van der Waals surface area contributed by atoms with E-state index < -0.39 is 16.7 Å². The van der Waals surface area contributed by atoms with Crippen LogP contribution in [-0.4, -0.2) is 60.0 Å². The van der Waals surface area contributed by atoms with Gasteiger partial charge in [0.1, 0.15) is 11.5 Å². The number of rotatable bonds is 4. The number of hydrogen-bond acceptors (Lipinski definition) is 6. The van der Waals surface area contributed by atoms with Crippen LogP contribution in [0.25, 0.3) is 0 Å². The number of anilines is 2. The molecule has 182 valence electrons. The van der Waals surface area contributed by atoms with Crippen LogP contribution in [-0.2, 0) is 6.18 Å². The molecule has 0 radical (unpaired) electrons. The summed E-state index contributed by atoms with van der Waals surface area (Å²) in [6.07, 6.45) is -1.70. The average molecular weight is 477 g/mol. The van der Waals surface area contributed by atoms with Crippen molar-refractivity contribution in [3.05, 3.63) is 57.8 Å². The Hall–Kier alpha value is -3.37. The lowest BCUT2D eigenvalue weighted by Crippen LogP contribution is -2.49.